The van der Waals surface area contributed by atoms with E-state index in [-0.39, 0.29) is 0 Å². The molecule has 21 heavy (non-hydrogen) atoms. The minimum absolute atomic E-state index is 0.723. The standard InChI is InChI=1S/C14H16N6S/c1-9-12(10(2)20-19-9)6-16-5-11-8-21-14(18-11)13-7-15-3-4-17-13/h3-4,7-8,16H,5-6H2,1-2H3,(H,19,20). The van der Waals surface area contributed by atoms with Gasteiger partial charge in [-0.25, -0.2) is 4.98 Å². The molecule has 3 aromatic heterocycles. The molecule has 3 heterocycles. The highest BCUT2D eigenvalue weighted by Gasteiger charge is 2.08. The zero-order chi connectivity index (χ0) is 14.7. The number of aromatic amines is 1. The summed E-state index contributed by atoms with van der Waals surface area (Å²) in [5.41, 5.74) is 5.20. The van der Waals surface area contributed by atoms with Crippen molar-refractivity contribution in [3.63, 3.8) is 0 Å². The second kappa shape index (κ2) is 6.11. The molecule has 0 aliphatic carbocycles. The smallest absolute Gasteiger partial charge is 0.143 e. The van der Waals surface area contributed by atoms with E-state index < -0.39 is 0 Å². The number of thiazole rings is 1. The monoisotopic (exact) mass is 300 g/mol. The molecule has 0 aromatic carbocycles. The quantitative estimate of drug-likeness (QED) is 0.755. The van der Waals surface area contributed by atoms with E-state index in [2.05, 4.69) is 30.5 Å². The Bertz CT molecular complexity index is 699. The maximum absolute atomic E-state index is 4.57. The van der Waals surface area contributed by atoms with Crippen molar-refractivity contribution in [2.24, 2.45) is 0 Å². The number of H-pyrrole nitrogens is 1. The van der Waals surface area contributed by atoms with Gasteiger partial charge in [-0.3, -0.25) is 15.1 Å². The fourth-order valence-electron chi connectivity index (χ4n) is 2.07. The van der Waals surface area contributed by atoms with Crippen molar-refractivity contribution in [2.75, 3.05) is 0 Å². The van der Waals surface area contributed by atoms with Gasteiger partial charge in [0.25, 0.3) is 0 Å². The summed E-state index contributed by atoms with van der Waals surface area (Å²) in [7, 11) is 0. The SMILES string of the molecule is Cc1n[nH]c(C)c1CNCc1csc(-c2cnccn2)n1. The van der Waals surface area contributed by atoms with Crippen LogP contribution in [0, 0.1) is 13.8 Å². The molecule has 0 aliphatic rings. The summed E-state index contributed by atoms with van der Waals surface area (Å²) in [6.45, 7) is 5.55. The van der Waals surface area contributed by atoms with Crippen molar-refractivity contribution < 1.29 is 0 Å². The molecule has 0 saturated heterocycles. The van der Waals surface area contributed by atoms with Crippen LogP contribution < -0.4 is 5.32 Å². The van der Waals surface area contributed by atoms with Gasteiger partial charge in [0.1, 0.15) is 10.7 Å². The van der Waals surface area contributed by atoms with Crippen molar-refractivity contribution in [2.45, 2.75) is 26.9 Å². The zero-order valence-corrected chi connectivity index (χ0v) is 12.7. The predicted molar refractivity (Wildman–Crippen MR) is 81.7 cm³/mol. The summed E-state index contributed by atoms with van der Waals surface area (Å²) in [6.07, 6.45) is 5.07. The third-order valence-electron chi connectivity index (χ3n) is 3.22. The van der Waals surface area contributed by atoms with Crippen LogP contribution in [0.1, 0.15) is 22.6 Å². The normalized spacial score (nSPS) is 11.0. The Morgan fingerprint density at radius 1 is 1.24 bits per heavy atom. The van der Waals surface area contributed by atoms with Gasteiger partial charge in [-0.1, -0.05) is 0 Å². The number of rotatable bonds is 5. The molecule has 0 aliphatic heterocycles. The molecular formula is C14H16N6S. The summed E-state index contributed by atoms with van der Waals surface area (Å²) < 4.78 is 0. The van der Waals surface area contributed by atoms with Crippen molar-refractivity contribution in [1.29, 1.82) is 0 Å². The summed E-state index contributed by atoms with van der Waals surface area (Å²) in [4.78, 5) is 12.9. The fourth-order valence-corrected chi connectivity index (χ4v) is 2.85. The van der Waals surface area contributed by atoms with Crippen LogP contribution in [-0.2, 0) is 13.1 Å². The van der Waals surface area contributed by atoms with E-state index in [1.165, 1.54) is 5.56 Å². The van der Waals surface area contributed by atoms with Gasteiger partial charge < -0.3 is 5.32 Å². The Morgan fingerprint density at radius 2 is 2.14 bits per heavy atom. The van der Waals surface area contributed by atoms with Crippen LogP contribution in [0.4, 0.5) is 0 Å². The fraction of sp³-hybridized carbons (Fsp3) is 0.286. The molecule has 0 fully saturated rings. The molecule has 0 unspecified atom stereocenters. The zero-order valence-electron chi connectivity index (χ0n) is 11.9. The van der Waals surface area contributed by atoms with E-state index >= 15 is 0 Å². The van der Waals surface area contributed by atoms with E-state index in [1.807, 2.05) is 19.2 Å². The van der Waals surface area contributed by atoms with Crippen molar-refractivity contribution in [3.8, 4) is 10.7 Å². The Hall–Kier alpha value is -2.12. The van der Waals surface area contributed by atoms with Crippen LogP contribution in [0.25, 0.3) is 10.7 Å². The first-order valence-electron chi connectivity index (χ1n) is 6.66. The van der Waals surface area contributed by atoms with Gasteiger partial charge in [0, 0.05) is 42.1 Å². The minimum atomic E-state index is 0.723. The van der Waals surface area contributed by atoms with Crippen LogP contribution in [0.15, 0.2) is 24.0 Å². The van der Waals surface area contributed by atoms with Crippen LogP contribution in [0.3, 0.4) is 0 Å². The first kappa shape index (κ1) is 13.8. The van der Waals surface area contributed by atoms with Crippen LogP contribution in [-0.4, -0.2) is 25.1 Å². The highest BCUT2D eigenvalue weighted by Crippen LogP contribution is 2.20. The third kappa shape index (κ3) is 3.14. The molecule has 108 valence electrons. The molecule has 2 N–H and O–H groups in total. The summed E-state index contributed by atoms with van der Waals surface area (Å²) in [5, 5.41) is 13.5. The third-order valence-corrected chi connectivity index (χ3v) is 4.14. The summed E-state index contributed by atoms with van der Waals surface area (Å²) >= 11 is 1.58. The van der Waals surface area contributed by atoms with Crippen LogP contribution >= 0.6 is 11.3 Å². The van der Waals surface area contributed by atoms with Gasteiger partial charge in [0.05, 0.1) is 17.6 Å². The molecule has 0 bridgehead atoms. The molecule has 0 saturated carbocycles. The van der Waals surface area contributed by atoms with E-state index in [1.54, 1.807) is 29.9 Å². The number of hydrogen-bond acceptors (Lipinski definition) is 6. The summed E-state index contributed by atoms with van der Waals surface area (Å²) in [6, 6.07) is 0. The largest absolute Gasteiger partial charge is 0.307 e. The van der Waals surface area contributed by atoms with Crippen LogP contribution in [0.5, 0.6) is 0 Å². The van der Waals surface area contributed by atoms with Crippen molar-refractivity contribution in [3.05, 3.63) is 46.6 Å². The average Bonchev–Trinajstić information content (AvgIpc) is 3.10. The summed E-state index contributed by atoms with van der Waals surface area (Å²) in [5.74, 6) is 0. The highest BCUT2D eigenvalue weighted by atomic mass is 32.1. The second-order valence-corrected chi connectivity index (χ2v) is 5.61. The number of nitrogens with zero attached hydrogens (tertiary/aromatic N) is 4. The Labute approximate surface area is 126 Å². The molecule has 6 nitrogen and oxygen atoms in total. The molecule has 0 spiro atoms. The lowest BCUT2D eigenvalue weighted by Gasteiger charge is -2.03. The van der Waals surface area contributed by atoms with Gasteiger partial charge in [-0.2, -0.15) is 5.10 Å². The van der Waals surface area contributed by atoms with Crippen LogP contribution in [0.2, 0.25) is 0 Å². The van der Waals surface area contributed by atoms with Gasteiger partial charge in [-0.05, 0) is 13.8 Å². The van der Waals surface area contributed by atoms with E-state index in [9.17, 15) is 0 Å². The lowest BCUT2D eigenvalue weighted by molar-refractivity contribution is 0.678. The number of aromatic nitrogens is 5. The molecule has 0 amide bonds. The minimum Gasteiger partial charge on any atom is -0.307 e. The lowest BCUT2D eigenvalue weighted by Crippen LogP contribution is -2.14. The van der Waals surface area contributed by atoms with E-state index in [0.29, 0.717) is 0 Å². The van der Waals surface area contributed by atoms with Crippen molar-refractivity contribution >= 4 is 11.3 Å². The highest BCUT2D eigenvalue weighted by molar-refractivity contribution is 7.13. The van der Waals surface area contributed by atoms with Crippen molar-refractivity contribution in [1.82, 2.24) is 30.5 Å². The molecule has 0 radical (unpaired) electrons. The second-order valence-electron chi connectivity index (χ2n) is 4.75. The lowest BCUT2D eigenvalue weighted by atomic mass is 10.2. The van der Waals surface area contributed by atoms with E-state index in [4.69, 9.17) is 0 Å². The molecule has 3 rings (SSSR count). The van der Waals surface area contributed by atoms with E-state index in [0.717, 1.165) is 40.9 Å². The number of nitrogens with one attached hydrogen (secondary N) is 2. The van der Waals surface area contributed by atoms with Gasteiger partial charge in [0.15, 0.2) is 0 Å². The molecule has 0 atom stereocenters. The van der Waals surface area contributed by atoms with Gasteiger partial charge in [-0.15, -0.1) is 11.3 Å². The van der Waals surface area contributed by atoms with Gasteiger partial charge in [0.2, 0.25) is 0 Å². The average molecular weight is 300 g/mol. The number of aryl methyl sites for hydroxylation is 2. The predicted octanol–water partition coefficient (Wildman–Crippen LogP) is 2.23. The Kier molecular flexibility index (Phi) is 4.03. The molecule has 3 aromatic rings. The molecular weight excluding hydrogens is 284 g/mol. The number of hydrogen-bond donors (Lipinski definition) is 2. The maximum atomic E-state index is 4.57. The first-order chi connectivity index (χ1) is 10.2. The molecule has 7 heteroatoms. The topological polar surface area (TPSA) is 79.4 Å². The first-order valence-corrected chi connectivity index (χ1v) is 7.54. The Balaban J connectivity index is 1.61. The Morgan fingerprint density at radius 3 is 2.86 bits per heavy atom. The van der Waals surface area contributed by atoms with Gasteiger partial charge >= 0.3 is 0 Å². The maximum Gasteiger partial charge on any atom is 0.143 e.